The van der Waals surface area contributed by atoms with E-state index >= 15 is 0 Å². The molecule has 30 heavy (non-hydrogen) atoms. The van der Waals surface area contributed by atoms with Gasteiger partial charge in [0.05, 0.1) is 12.2 Å². The number of primary amides is 1. The van der Waals surface area contributed by atoms with Crippen molar-refractivity contribution in [3.8, 4) is 0 Å². The van der Waals surface area contributed by atoms with Crippen LogP contribution in [0.25, 0.3) is 0 Å². The number of carbonyl (C=O) groups excluding carboxylic acids is 3. The van der Waals surface area contributed by atoms with E-state index in [4.69, 9.17) is 5.73 Å². The summed E-state index contributed by atoms with van der Waals surface area (Å²) < 4.78 is 13.8. The van der Waals surface area contributed by atoms with Crippen LogP contribution in [0.5, 0.6) is 0 Å². The Bertz CT molecular complexity index is 929. The Hall–Kier alpha value is -2.94. The van der Waals surface area contributed by atoms with Crippen LogP contribution in [0.3, 0.4) is 0 Å². The van der Waals surface area contributed by atoms with Gasteiger partial charge in [0.25, 0.3) is 0 Å². The summed E-state index contributed by atoms with van der Waals surface area (Å²) in [6.07, 6.45) is 1.47. The molecule has 4 N–H and O–H groups in total. The zero-order chi connectivity index (χ0) is 21.6. The number of para-hydroxylation sites is 1. The van der Waals surface area contributed by atoms with Crippen LogP contribution in [-0.4, -0.2) is 47.8 Å². The largest absolute Gasteiger partial charge is 0.368 e. The second-order valence-electron chi connectivity index (χ2n) is 8.35. The summed E-state index contributed by atoms with van der Waals surface area (Å²) in [6, 6.07) is 5.98. The number of hydrazine groups is 1. The van der Waals surface area contributed by atoms with Crippen molar-refractivity contribution in [2.75, 3.05) is 18.1 Å². The van der Waals surface area contributed by atoms with Gasteiger partial charge in [-0.1, -0.05) is 18.2 Å². The van der Waals surface area contributed by atoms with Crippen molar-refractivity contribution in [3.63, 3.8) is 0 Å². The van der Waals surface area contributed by atoms with Crippen LogP contribution in [0.15, 0.2) is 35.7 Å². The Morgan fingerprint density at radius 2 is 1.97 bits per heavy atom. The van der Waals surface area contributed by atoms with Gasteiger partial charge in [-0.2, -0.15) is 0 Å². The number of hydrogen-bond donors (Lipinski definition) is 3. The monoisotopic (exact) mass is 415 g/mol. The number of carbonyl (C=O) groups is 3. The van der Waals surface area contributed by atoms with E-state index in [0.29, 0.717) is 23.6 Å². The Balaban J connectivity index is 1.46. The third kappa shape index (κ3) is 3.65. The standard InChI is InChI=1S/C21H26FN5O3/c1-11(2)14(22)9-24-21(30)17-8-12-7-16(12)27(17)18(28)10-26-15-6-4-3-5-13(15)19(25-26)20(23)29/h3-6,12,16-17,19,25H,7-10H2,1-2H3,(H2,23,29)(H,24,30)/t12-,16-,17+,19?/m1/s1. The maximum Gasteiger partial charge on any atom is 0.244 e. The normalized spacial score (nSPS) is 26.1. The van der Waals surface area contributed by atoms with Crippen LogP contribution in [-0.2, 0) is 14.4 Å². The third-order valence-electron chi connectivity index (χ3n) is 6.06. The smallest absolute Gasteiger partial charge is 0.244 e. The molecule has 1 aromatic carbocycles. The maximum atomic E-state index is 13.8. The summed E-state index contributed by atoms with van der Waals surface area (Å²) in [6.45, 7) is 3.08. The lowest BCUT2D eigenvalue weighted by molar-refractivity contribution is -0.138. The van der Waals surface area contributed by atoms with E-state index in [1.807, 2.05) is 18.2 Å². The Kier molecular flexibility index (Phi) is 5.23. The molecule has 4 atom stereocenters. The molecule has 2 aliphatic heterocycles. The minimum atomic E-state index is -0.701. The number of halogens is 1. The summed E-state index contributed by atoms with van der Waals surface area (Å²) in [5.74, 6) is -1.14. The summed E-state index contributed by atoms with van der Waals surface area (Å²) in [4.78, 5) is 39.2. The van der Waals surface area contributed by atoms with Gasteiger partial charge in [-0.05, 0) is 44.2 Å². The van der Waals surface area contributed by atoms with Gasteiger partial charge in [-0.25, -0.2) is 9.82 Å². The van der Waals surface area contributed by atoms with Crippen molar-refractivity contribution in [2.45, 2.75) is 44.8 Å². The zero-order valence-electron chi connectivity index (χ0n) is 17.0. The van der Waals surface area contributed by atoms with Crippen molar-refractivity contribution < 1.29 is 18.8 Å². The number of nitrogens with zero attached hydrogens (tertiary/aromatic N) is 2. The van der Waals surface area contributed by atoms with E-state index in [1.54, 1.807) is 29.8 Å². The summed E-state index contributed by atoms with van der Waals surface area (Å²) in [5, 5.41) is 4.22. The second-order valence-corrected chi connectivity index (χ2v) is 8.35. The zero-order valence-corrected chi connectivity index (χ0v) is 17.0. The molecule has 0 bridgehead atoms. The highest BCUT2D eigenvalue weighted by molar-refractivity contribution is 5.92. The van der Waals surface area contributed by atoms with Crippen LogP contribution in [0.4, 0.5) is 10.1 Å². The number of allylic oxidation sites excluding steroid dienone is 1. The number of rotatable bonds is 6. The fraction of sp³-hybridized carbons (Fsp3) is 0.476. The molecule has 9 heteroatoms. The number of nitrogens with one attached hydrogen (secondary N) is 2. The molecule has 3 aliphatic rings. The predicted octanol–water partition coefficient (Wildman–Crippen LogP) is 0.907. The maximum absolute atomic E-state index is 13.8. The number of likely N-dealkylation sites (tertiary alicyclic amines) is 1. The minimum Gasteiger partial charge on any atom is -0.368 e. The lowest BCUT2D eigenvalue weighted by Crippen LogP contribution is -2.52. The molecule has 1 aromatic rings. The summed E-state index contributed by atoms with van der Waals surface area (Å²) in [5.41, 5.74) is 10.4. The number of hydrogen-bond acceptors (Lipinski definition) is 5. The highest BCUT2D eigenvalue weighted by Crippen LogP contribution is 2.48. The lowest BCUT2D eigenvalue weighted by atomic mass is 10.1. The molecule has 1 aliphatic carbocycles. The molecular formula is C21H26FN5O3. The molecule has 0 radical (unpaired) electrons. The molecule has 8 nitrogen and oxygen atoms in total. The molecule has 0 spiro atoms. The number of anilines is 1. The van der Waals surface area contributed by atoms with E-state index in [0.717, 1.165) is 12.0 Å². The first-order valence-corrected chi connectivity index (χ1v) is 10.1. The molecule has 4 rings (SSSR count). The fourth-order valence-electron chi connectivity index (χ4n) is 4.35. The Labute approximate surface area is 174 Å². The van der Waals surface area contributed by atoms with E-state index in [9.17, 15) is 18.8 Å². The molecule has 160 valence electrons. The molecule has 2 heterocycles. The van der Waals surface area contributed by atoms with Gasteiger partial charge in [-0.15, -0.1) is 0 Å². The average molecular weight is 415 g/mol. The van der Waals surface area contributed by atoms with Crippen molar-refractivity contribution in [1.82, 2.24) is 15.6 Å². The van der Waals surface area contributed by atoms with Crippen molar-refractivity contribution >= 4 is 23.4 Å². The first-order chi connectivity index (χ1) is 14.3. The summed E-state index contributed by atoms with van der Waals surface area (Å²) in [7, 11) is 0. The molecule has 1 saturated carbocycles. The van der Waals surface area contributed by atoms with E-state index in [1.165, 1.54) is 0 Å². The number of amides is 3. The highest BCUT2D eigenvalue weighted by atomic mass is 19.1. The average Bonchev–Trinajstić information content (AvgIpc) is 3.21. The second kappa shape index (κ2) is 7.71. The first kappa shape index (κ1) is 20.3. The fourth-order valence-corrected chi connectivity index (χ4v) is 4.35. The molecule has 1 unspecified atom stereocenters. The Morgan fingerprint density at radius 1 is 1.23 bits per heavy atom. The topological polar surface area (TPSA) is 108 Å². The lowest BCUT2D eigenvalue weighted by Gasteiger charge is -2.29. The van der Waals surface area contributed by atoms with Crippen LogP contribution in [0.2, 0.25) is 0 Å². The number of piperidine rings is 1. The number of fused-ring (bicyclic) bond motifs is 2. The molecule has 3 amide bonds. The first-order valence-electron chi connectivity index (χ1n) is 10.1. The molecule has 2 fully saturated rings. The summed E-state index contributed by atoms with van der Waals surface area (Å²) >= 11 is 0. The van der Waals surface area contributed by atoms with E-state index < -0.39 is 18.0 Å². The van der Waals surface area contributed by atoms with Gasteiger partial charge in [0.1, 0.15) is 24.5 Å². The van der Waals surface area contributed by atoms with Gasteiger partial charge in [0.2, 0.25) is 17.7 Å². The van der Waals surface area contributed by atoms with E-state index in [2.05, 4.69) is 10.7 Å². The molecule has 0 aromatic heterocycles. The number of benzene rings is 1. The van der Waals surface area contributed by atoms with Crippen molar-refractivity contribution in [1.29, 1.82) is 0 Å². The molecule has 1 saturated heterocycles. The van der Waals surface area contributed by atoms with Crippen molar-refractivity contribution in [3.05, 3.63) is 41.2 Å². The van der Waals surface area contributed by atoms with Gasteiger partial charge < -0.3 is 16.0 Å². The Morgan fingerprint density at radius 3 is 2.67 bits per heavy atom. The third-order valence-corrected chi connectivity index (χ3v) is 6.06. The SMILES string of the molecule is CC(C)=C(F)CNC(=O)[C@@H]1C[C@H]2C[C@H]2N1C(=O)CN1NC(C(N)=O)c2ccccc21. The van der Waals surface area contributed by atoms with E-state index in [-0.39, 0.29) is 36.8 Å². The van der Waals surface area contributed by atoms with Crippen LogP contribution in [0.1, 0.15) is 38.3 Å². The predicted molar refractivity (Wildman–Crippen MR) is 108 cm³/mol. The van der Waals surface area contributed by atoms with Crippen LogP contribution in [0, 0.1) is 5.92 Å². The van der Waals surface area contributed by atoms with Gasteiger partial charge >= 0.3 is 0 Å². The van der Waals surface area contributed by atoms with Gasteiger partial charge in [0.15, 0.2) is 0 Å². The number of nitrogens with two attached hydrogens (primary N) is 1. The van der Waals surface area contributed by atoms with Crippen LogP contribution >= 0.6 is 0 Å². The van der Waals surface area contributed by atoms with Crippen LogP contribution < -0.4 is 21.5 Å². The molecular weight excluding hydrogens is 389 g/mol. The quantitative estimate of drug-likeness (QED) is 0.640. The van der Waals surface area contributed by atoms with Gasteiger partial charge in [-0.3, -0.25) is 19.4 Å². The van der Waals surface area contributed by atoms with Crippen molar-refractivity contribution in [2.24, 2.45) is 11.7 Å². The minimum absolute atomic E-state index is 0.0316. The highest BCUT2D eigenvalue weighted by Gasteiger charge is 2.56. The van der Waals surface area contributed by atoms with Gasteiger partial charge in [0, 0.05) is 11.6 Å².